The fourth-order valence-electron chi connectivity index (χ4n) is 1.57. The maximum atomic E-state index is 12.1. The van der Waals surface area contributed by atoms with E-state index in [1.165, 1.54) is 0 Å². The molecule has 0 fully saturated rings. The van der Waals surface area contributed by atoms with Crippen LogP contribution in [0.25, 0.3) is 0 Å². The normalized spacial score (nSPS) is 11.5. The lowest BCUT2D eigenvalue weighted by atomic mass is 10.2. The van der Waals surface area contributed by atoms with Crippen molar-refractivity contribution in [2.24, 2.45) is 0 Å². The summed E-state index contributed by atoms with van der Waals surface area (Å²) in [5.74, 6) is 0.550. The van der Waals surface area contributed by atoms with Crippen molar-refractivity contribution in [2.75, 3.05) is 11.3 Å². The Hall–Kier alpha value is -1.51. The van der Waals surface area contributed by atoms with E-state index in [9.17, 15) is 8.42 Å². The molecule has 0 radical (unpaired) electrons. The summed E-state index contributed by atoms with van der Waals surface area (Å²) in [4.78, 5) is 4.20. The quantitative estimate of drug-likeness (QED) is 0.849. The molecule has 8 heteroatoms. The van der Waals surface area contributed by atoms with Crippen molar-refractivity contribution in [3.8, 4) is 0 Å². The first-order chi connectivity index (χ1) is 9.51. The Bertz CT molecular complexity index is 665. The van der Waals surface area contributed by atoms with Gasteiger partial charge in [0.2, 0.25) is 5.13 Å². The number of nitrogens with zero attached hydrogens (tertiary/aromatic N) is 2. The molecule has 0 unspecified atom stereocenters. The van der Waals surface area contributed by atoms with Gasteiger partial charge in [-0.3, -0.25) is 4.72 Å². The monoisotopic (exact) mass is 312 g/mol. The van der Waals surface area contributed by atoms with Crippen LogP contribution in [0, 0.1) is 6.92 Å². The average Bonchev–Trinajstić information content (AvgIpc) is 2.81. The predicted octanol–water partition coefficient (Wildman–Crippen LogP) is 1.76. The highest BCUT2D eigenvalue weighted by Crippen LogP contribution is 2.18. The van der Waals surface area contributed by atoms with Gasteiger partial charge in [-0.2, -0.15) is 4.37 Å². The molecule has 2 rings (SSSR count). The first-order valence-electron chi connectivity index (χ1n) is 6.14. The van der Waals surface area contributed by atoms with Crippen molar-refractivity contribution in [1.29, 1.82) is 0 Å². The third kappa shape index (κ3) is 3.75. The van der Waals surface area contributed by atoms with Gasteiger partial charge in [-0.15, -0.1) is 0 Å². The Morgan fingerprint density at radius 3 is 2.50 bits per heavy atom. The molecule has 20 heavy (non-hydrogen) atoms. The molecule has 0 atom stereocenters. The van der Waals surface area contributed by atoms with Gasteiger partial charge in [0.15, 0.2) is 0 Å². The number of rotatable bonds is 6. The average molecular weight is 312 g/mol. The van der Waals surface area contributed by atoms with Crippen LogP contribution in [0.5, 0.6) is 0 Å². The Morgan fingerprint density at radius 1 is 1.25 bits per heavy atom. The van der Waals surface area contributed by atoms with Crippen LogP contribution in [-0.4, -0.2) is 24.3 Å². The first-order valence-corrected chi connectivity index (χ1v) is 8.39. The molecule has 0 saturated carbocycles. The highest BCUT2D eigenvalue weighted by molar-refractivity contribution is 7.93. The van der Waals surface area contributed by atoms with Gasteiger partial charge in [0.1, 0.15) is 5.82 Å². The number of sulfonamides is 1. The summed E-state index contributed by atoms with van der Waals surface area (Å²) in [6, 6.07) is 6.76. The predicted molar refractivity (Wildman–Crippen MR) is 79.3 cm³/mol. The summed E-state index contributed by atoms with van der Waals surface area (Å²) in [5.41, 5.74) is 1.04. The Labute approximate surface area is 122 Å². The Balaban J connectivity index is 2.13. The van der Waals surface area contributed by atoms with E-state index in [0.29, 0.717) is 5.82 Å². The molecule has 108 valence electrons. The third-order valence-electron chi connectivity index (χ3n) is 2.56. The molecule has 0 aliphatic carbocycles. The summed E-state index contributed by atoms with van der Waals surface area (Å²) in [5, 5.41) is 3.46. The second kappa shape index (κ2) is 6.29. The molecule has 0 saturated heterocycles. The topological polar surface area (TPSA) is 84.0 Å². The number of hydrogen-bond acceptors (Lipinski definition) is 6. The van der Waals surface area contributed by atoms with Crippen LogP contribution in [0.15, 0.2) is 29.2 Å². The van der Waals surface area contributed by atoms with Gasteiger partial charge >= 0.3 is 0 Å². The zero-order valence-corrected chi connectivity index (χ0v) is 12.9. The van der Waals surface area contributed by atoms with Gasteiger partial charge in [-0.25, -0.2) is 13.4 Å². The summed E-state index contributed by atoms with van der Waals surface area (Å²) in [7, 11) is -3.60. The molecule has 0 aliphatic rings. The molecule has 1 aromatic carbocycles. The van der Waals surface area contributed by atoms with E-state index < -0.39 is 10.0 Å². The van der Waals surface area contributed by atoms with Gasteiger partial charge in [-0.05, 0) is 31.2 Å². The third-order valence-corrected chi connectivity index (χ3v) is 4.77. The summed E-state index contributed by atoms with van der Waals surface area (Å²) in [6.07, 6.45) is 0. The molecule has 0 aliphatic heterocycles. The van der Waals surface area contributed by atoms with Crippen molar-refractivity contribution < 1.29 is 8.42 Å². The van der Waals surface area contributed by atoms with Crippen LogP contribution in [0.2, 0.25) is 0 Å². The lowest BCUT2D eigenvalue weighted by molar-refractivity contribution is 0.601. The van der Waals surface area contributed by atoms with E-state index in [1.54, 1.807) is 31.2 Å². The zero-order chi connectivity index (χ0) is 14.6. The number of anilines is 1. The highest BCUT2D eigenvalue weighted by atomic mass is 32.2. The molecule has 0 bridgehead atoms. The van der Waals surface area contributed by atoms with Crippen molar-refractivity contribution in [2.45, 2.75) is 25.3 Å². The van der Waals surface area contributed by atoms with Crippen molar-refractivity contribution in [1.82, 2.24) is 14.7 Å². The molecular weight excluding hydrogens is 296 g/mol. The molecule has 0 amide bonds. The minimum Gasteiger partial charge on any atom is -0.313 e. The number of nitrogens with one attached hydrogen (secondary N) is 2. The van der Waals surface area contributed by atoms with Crippen LogP contribution in [0.4, 0.5) is 5.13 Å². The highest BCUT2D eigenvalue weighted by Gasteiger charge is 2.16. The molecule has 6 nitrogen and oxygen atoms in total. The lowest BCUT2D eigenvalue weighted by Crippen LogP contribution is -2.14. The van der Waals surface area contributed by atoms with Gasteiger partial charge in [-0.1, -0.05) is 19.1 Å². The maximum absolute atomic E-state index is 12.1. The Morgan fingerprint density at radius 2 is 1.95 bits per heavy atom. The number of hydrogen-bond donors (Lipinski definition) is 2. The lowest BCUT2D eigenvalue weighted by Gasteiger charge is -2.06. The van der Waals surface area contributed by atoms with E-state index in [1.807, 2.05) is 6.92 Å². The SMILES string of the molecule is CCNCc1ccc(S(=O)(=O)Nc2nc(C)ns2)cc1. The fraction of sp³-hybridized carbons (Fsp3) is 0.333. The minimum atomic E-state index is -3.60. The molecule has 0 spiro atoms. The summed E-state index contributed by atoms with van der Waals surface area (Å²) in [6.45, 7) is 5.33. The van der Waals surface area contributed by atoms with Crippen LogP contribution in [0.1, 0.15) is 18.3 Å². The molecule has 1 heterocycles. The van der Waals surface area contributed by atoms with Crippen molar-refractivity contribution >= 4 is 26.7 Å². The van der Waals surface area contributed by atoms with Crippen LogP contribution >= 0.6 is 11.5 Å². The summed E-state index contributed by atoms with van der Waals surface area (Å²) < 4.78 is 30.7. The second-order valence-electron chi connectivity index (χ2n) is 4.18. The number of aromatic nitrogens is 2. The van der Waals surface area contributed by atoms with Crippen LogP contribution in [0.3, 0.4) is 0 Å². The maximum Gasteiger partial charge on any atom is 0.263 e. The van der Waals surface area contributed by atoms with E-state index in [4.69, 9.17) is 0 Å². The van der Waals surface area contributed by atoms with Crippen LogP contribution in [-0.2, 0) is 16.6 Å². The molecule has 1 aromatic heterocycles. The van der Waals surface area contributed by atoms with Crippen molar-refractivity contribution in [3.63, 3.8) is 0 Å². The van der Waals surface area contributed by atoms with E-state index in [0.717, 1.165) is 30.2 Å². The van der Waals surface area contributed by atoms with Gasteiger partial charge < -0.3 is 5.32 Å². The zero-order valence-electron chi connectivity index (χ0n) is 11.3. The van der Waals surface area contributed by atoms with E-state index in [2.05, 4.69) is 19.4 Å². The summed E-state index contributed by atoms with van der Waals surface area (Å²) >= 11 is 1.02. The van der Waals surface area contributed by atoms with Crippen molar-refractivity contribution in [3.05, 3.63) is 35.7 Å². The number of benzene rings is 1. The van der Waals surface area contributed by atoms with Gasteiger partial charge in [0.05, 0.1) is 4.90 Å². The molecule has 2 N–H and O–H groups in total. The largest absolute Gasteiger partial charge is 0.313 e. The van der Waals surface area contributed by atoms with Gasteiger partial charge in [0.25, 0.3) is 10.0 Å². The smallest absolute Gasteiger partial charge is 0.263 e. The number of aryl methyl sites for hydroxylation is 1. The molecular formula is C12H16N4O2S2. The Kier molecular flexibility index (Phi) is 4.69. The fourth-order valence-corrected chi connectivity index (χ4v) is 3.37. The minimum absolute atomic E-state index is 0.214. The second-order valence-corrected chi connectivity index (χ2v) is 6.61. The molecule has 2 aromatic rings. The van der Waals surface area contributed by atoms with E-state index >= 15 is 0 Å². The first kappa shape index (κ1) is 14.9. The van der Waals surface area contributed by atoms with Crippen LogP contribution < -0.4 is 10.0 Å². The standard InChI is InChI=1S/C12H16N4O2S2/c1-3-13-8-10-4-6-11(7-5-10)20(17,18)16-12-14-9(2)15-19-12/h4-7,13H,3,8H2,1-2H3,(H,14,15,16). The van der Waals surface area contributed by atoms with E-state index in [-0.39, 0.29) is 10.0 Å². The van der Waals surface area contributed by atoms with Gasteiger partial charge in [0, 0.05) is 18.1 Å².